The summed E-state index contributed by atoms with van der Waals surface area (Å²) in [6.45, 7) is 8.06. The number of hydrogen-bond acceptors (Lipinski definition) is 6. The Kier molecular flexibility index (Phi) is 5.30. The summed E-state index contributed by atoms with van der Waals surface area (Å²) in [5.74, 6) is 2.28. The summed E-state index contributed by atoms with van der Waals surface area (Å²) in [4.78, 5) is 22.4. The summed E-state index contributed by atoms with van der Waals surface area (Å²) in [5.41, 5.74) is -0.436. The minimum Gasteiger partial charge on any atom is -0.444 e. The van der Waals surface area contributed by atoms with Crippen molar-refractivity contribution >= 4 is 17.7 Å². The lowest BCUT2D eigenvalue weighted by Crippen LogP contribution is -2.42. The van der Waals surface area contributed by atoms with Crippen LogP contribution in [0, 0.1) is 5.92 Å². The van der Waals surface area contributed by atoms with Gasteiger partial charge in [-0.15, -0.1) is 0 Å². The van der Waals surface area contributed by atoms with Crippen molar-refractivity contribution in [3.8, 4) is 0 Å². The first-order valence-electron chi connectivity index (χ1n) is 9.19. The van der Waals surface area contributed by atoms with Gasteiger partial charge in [-0.3, -0.25) is 0 Å². The maximum absolute atomic E-state index is 12.1. The highest BCUT2D eigenvalue weighted by atomic mass is 16.6. The van der Waals surface area contributed by atoms with Gasteiger partial charge in [0, 0.05) is 31.7 Å². The van der Waals surface area contributed by atoms with Crippen LogP contribution in [0.1, 0.15) is 46.5 Å². The van der Waals surface area contributed by atoms with Crippen LogP contribution in [0.2, 0.25) is 0 Å². The molecule has 1 aliphatic carbocycles. The topological polar surface area (TPSA) is 79.4 Å². The summed E-state index contributed by atoms with van der Waals surface area (Å²) >= 11 is 0. The zero-order valence-corrected chi connectivity index (χ0v) is 15.4. The van der Waals surface area contributed by atoms with Gasteiger partial charge in [-0.05, 0) is 52.4 Å². The minimum atomic E-state index is -0.436. The molecule has 1 aromatic heterocycles. The molecule has 0 bridgehead atoms. The van der Waals surface area contributed by atoms with E-state index in [9.17, 15) is 4.79 Å². The van der Waals surface area contributed by atoms with Crippen LogP contribution >= 0.6 is 0 Å². The van der Waals surface area contributed by atoms with E-state index in [0.29, 0.717) is 12.0 Å². The zero-order valence-electron chi connectivity index (χ0n) is 15.4. The fraction of sp³-hybridized carbons (Fsp3) is 0.722. The van der Waals surface area contributed by atoms with Crippen LogP contribution in [-0.4, -0.2) is 52.2 Å². The van der Waals surface area contributed by atoms with Gasteiger partial charge >= 0.3 is 6.09 Å². The number of likely N-dealkylation sites (tertiary alicyclic amines) is 1. The standard InChI is InChI=1S/C18H29N5O2/c1-18(2,3)25-17(24)23-8-6-13(7-9-23)11-19-15-10-16(21-12-20-15)22-14-4-5-14/h10,12-14H,4-9,11H2,1-3H3,(H2,19,20,21,22). The summed E-state index contributed by atoms with van der Waals surface area (Å²) in [6.07, 6.45) is 5.80. The van der Waals surface area contributed by atoms with Gasteiger partial charge in [-0.2, -0.15) is 0 Å². The Morgan fingerprint density at radius 2 is 1.88 bits per heavy atom. The molecule has 0 spiro atoms. The number of ether oxygens (including phenoxy) is 1. The van der Waals surface area contributed by atoms with E-state index in [0.717, 1.165) is 44.1 Å². The van der Waals surface area contributed by atoms with Crippen molar-refractivity contribution in [3.63, 3.8) is 0 Å². The van der Waals surface area contributed by atoms with Gasteiger partial charge in [0.1, 0.15) is 23.6 Å². The van der Waals surface area contributed by atoms with Crippen molar-refractivity contribution in [1.29, 1.82) is 0 Å². The average Bonchev–Trinajstić information content (AvgIpc) is 3.36. The van der Waals surface area contributed by atoms with Crippen molar-refractivity contribution in [2.45, 2.75) is 58.1 Å². The molecule has 1 saturated heterocycles. The molecule has 0 atom stereocenters. The SMILES string of the molecule is CC(C)(C)OC(=O)N1CCC(CNc2cc(NC3CC3)ncn2)CC1. The molecule has 0 radical (unpaired) electrons. The number of nitrogens with one attached hydrogen (secondary N) is 2. The van der Waals surface area contributed by atoms with Crippen molar-refractivity contribution in [2.24, 2.45) is 5.92 Å². The lowest BCUT2D eigenvalue weighted by atomic mass is 9.97. The maximum atomic E-state index is 12.1. The number of nitrogens with zero attached hydrogens (tertiary/aromatic N) is 3. The van der Waals surface area contributed by atoms with Crippen molar-refractivity contribution in [3.05, 3.63) is 12.4 Å². The van der Waals surface area contributed by atoms with Crippen LogP contribution in [0.5, 0.6) is 0 Å². The number of carbonyl (C=O) groups is 1. The third kappa shape index (κ3) is 5.76. The Balaban J connectivity index is 1.41. The molecule has 2 N–H and O–H groups in total. The number of anilines is 2. The molecule has 7 heteroatoms. The highest BCUT2D eigenvalue weighted by molar-refractivity contribution is 5.68. The molecule has 2 aliphatic rings. The first kappa shape index (κ1) is 17.8. The Morgan fingerprint density at radius 3 is 2.52 bits per heavy atom. The maximum Gasteiger partial charge on any atom is 0.410 e. The van der Waals surface area contributed by atoms with Gasteiger partial charge in [-0.1, -0.05) is 0 Å². The number of hydrogen-bond donors (Lipinski definition) is 2. The Morgan fingerprint density at radius 1 is 1.20 bits per heavy atom. The molecular weight excluding hydrogens is 318 g/mol. The molecule has 0 aromatic carbocycles. The van der Waals surface area contributed by atoms with E-state index in [-0.39, 0.29) is 6.09 Å². The van der Waals surface area contributed by atoms with Gasteiger partial charge in [0.25, 0.3) is 0 Å². The molecule has 138 valence electrons. The Labute approximate surface area is 149 Å². The van der Waals surface area contributed by atoms with E-state index in [1.807, 2.05) is 31.7 Å². The molecule has 3 rings (SSSR count). The van der Waals surface area contributed by atoms with Crippen molar-refractivity contribution < 1.29 is 9.53 Å². The van der Waals surface area contributed by atoms with E-state index in [2.05, 4.69) is 20.6 Å². The second-order valence-corrected chi connectivity index (χ2v) is 8.00. The fourth-order valence-electron chi connectivity index (χ4n) is 2.86. The van der Waals surface area contributed by atoms with Crippen LogP contribution in [0.25, 0.3) is 0 Å². The van der Waals surface area contributed by atoms with E-state index in [1.54, 1.807) is 6.33 Å². The van der Waals surface area contributed by atoms with Crippen LogP contribution in [0.3, 0.4) is 0 Å². The molecule has 1 amide bonds. The average molecular weight is 347 g/mol. The van der Waals surface area contributed by atoms with Crippen molar-refractivity contribution in [1.82, 2.24) is 14.9 Å². The monoisotopic (exact) mass is 347 g/mol. The van der Waals surface area contributed by atoms with E-state index in [4.69, 9.17) is 4.74 Å². The Hall–Kier alpha value is -2.05. The third-order valence-electron chi connectivity index (χ3n) is 4.43. The quantitative estimate of drug-likeness (QED) is 0.852. The first-order valence-corrected chi connectivity index (χ1v) is 9.19. The van der Waals surface area contributed by atoms with E-state index < -0.39 is 5.60 Å². The zero-order chi connectivity index (χ0) is 17.9. The molecule has 7 nitrogen and oxygen atoms in total. The van der Waals surface area contributed by atoms with Crippen molar-refractivity contribution in [2.75, 3.05) is 30.3 Å². The van der Waals surface area contributed by atoms with Gasteiger partial charge in [0.15, 0.2) is 0 Å². The minimum absolute atomic E-state index is 0.203. The van der Waals surface area contributed by atoms with Gasteiger partial charge in [0.2, 0.25) is 0 Å². The largest absolute Gasteiger partial charge is 0.444 e. The van der Waals surface area contributed by atoms with Crippen LogP contribution in [0.15, 0.2) is 12.4 Å². The summed E-state index contributed by atoms with van der Waals surface area (Å²) in [7, 11) is 0. The molecule has 1 aromatic rings. The second kappa shape index (κ2) is 7.45. The molecule has 2 fully saturated rings. The highest BCUT2D eigenvalue weighted by Crippen LogP contribution is 2.24. The normalized spacial score (nSPS) is 18.8. The van der Waals surface area contributed by atoms with Crippen LogP contribution in [0.4, 0.5) is 16.4 Å². The lowest BCUT2D eigenvalue weighted by molar-refractivity contribution is 0.0188. The van der Waals surface area contributed by atoms with Gasteiger partial charge in [0.05, 0.1) is 0 Å². The summed E-state index contributed by atoms with van der Waals surface area (Å²) in [6, 6.07) is 2.55. The van der Waals surface area contributed by atoms with E-state index in [1.165, 1.54) is 12.8 Å². The summed E-state index contributed by atoms with van der Waals surface area (Å²) in [5, 5.41) is 6.79. The molecule has 25 heavy (non-hydrogen) atoms. The predicted octanol–water partition coefficient (Wildman–Crippen LogP) is 3.11. The second-order valence-electron chi connectivity index (χ2n) is 8.00. The molecule has 2 heterocycles. The molecule has 1 aliphatic heterocycles. The van der Waals surface area contributed by atoms with Crippen LogP contribution in [-0.2, 0) is 4.74 Å². The smallest absolute Gasteiger partial charge is 0.410 e. The van der Waals surface area contributed by atoms with Gasteiger partial charge in [-0.25, -0.2) is 14.8 Å². The third-order valence-corrected chi connectivity index (χ3v) is 4.43. The van der Waals surface area contributed by atoms with E-state index >= 15 is 0 Å². The van der Waals surface area contributed by atoms with Gasteiger partial charge < -0.3 is 20.3 Å². The number of piperidine rings is 1. The number of aromatic nitrogens is 2. The molecular formula is C18H29N5O2. The predicted molar refractivity (Wildman–Crippen MR) is 97.7 cm³/mol. The first-order chi connectivity index (χ1) is 11.9. The lowest BCUT2D eigenvalue weighted by Gasteiger charge is -2.33. The summed E-state index contributed by atoms with van der Waals surface area (Å²) < 4.78 is 5.44. The van der Waals surface area contributed by atoms with Crippen LogP contribution < -0.4 is 10.6 Å². The molecule has 0 unspecified atom stereocenters. The number of amides is 1. The molecule has 1 saturated carbocycles. The fourth-order valence-corrected chi connectivity index (χ4v) is 2.86. The number of carbonyl (C=O) groups excluding carboxylic acids is 1. The Bertz CT molecular complexity index is 589. The number of rotatable bonds is 5. The highest BCUT2D eigenvalue weighted by Gasteiger charge is 2.27.